The summed E-state index contributed by atoms with van der Waals surface area (Å²) in [6.45, 7) is 0.424. The van der Waals surface area contributed by atoms with E-state index in [1.165, 1.54) is 0 Å². The Morgan fingerprint density at radius 1 is 1.47 bits per heavy atom. The molecule has 17 heavy (non-hydrogen) atoms. The summed E-state index contributed by atoms with van der Waals surface area (Å²) in [4.78, 5) is 10.4. The molecule has 1 atom stereocenters. The maximum absolute atomic E-state index is 13.2. The zero-order valence-electron chi connectivity index (χ0n) is 9.12. The van der Waals surface area contributed by atoms with Gasteiger partial charge in [0.05, 0.1) is 0 Å². The fourth-order valence-electron chi connectivity index (χ4n) is 1.30. The normalized spacial score (nSPS) is 12.4. The summed E-state index contributed by atoms with van der Waals surface area (Å²) in [6.07, 6.45) is 0.274. The highest BCUT2D eigenvalue weighted by molar-refractivity contribution is 5.73. The number of benzene rings is 1. The highest BCUT2D eigenvalue weighted by Crippen LogP contribution is 2.09. The van der Waals surface area contributed by atoms with Crippen LogP contribution in [0.15, 0.2) is 18.2 Å². The van der Waals surface area contributed by atoms with Crippen LogP contribution in [0.5, 0.6) is 0 Å². The van der Waals surface area contributed by atoms with Gasteiger partial charge in [0.1, 0.15) is 17.7 Å². The highest BCUT2D eigenvalue weighted by Gasteiger charge is 2.10. The van der Waals surface area contributed by atoms with Crippen molar-refractivity contribution in [1.82, 2.24) is 5.32 Å². The maximum Gasteiger partial charge on any atom is 0.321 e. The minimum atomic E-state index is -1.10. The molecule has 0 aromatic heterocycles. The molecule has 0 saturated heterocycles. The van der Waals surface area contributed by atoms with E-state index in [-0.39, 0.29) is 18.5 Å². The summed E-state index contributed by atoms with van der Waals surface area (Å²) in [6, 6.07) is 2.24. The lowest BCUT2D eigenvalue weighted by molar-refractivity contribution is -0.138. The van der Waals surface area contributed by atoms with Crippen LogP contribution in [0.3, 0.4) is 0 Å². The molecular formula is C11H14F2N2O2. The van der Waals surface area contributed by atoms with Crippen molar-refractivity contribution in [2.24, 2.45) is 5.73 Å². The van der Waals surface area contributed by atoms with E-state index in [0.29, 0.717) is 6.54 Å². The number of carboxylic acid groups (broad SMARTS) is 1. The van der Waals surface area contributed by atoms with Gasteiger partial charge < -0.3 is 16.2 Å². The van der Waals surface area contributed by atoms with Crippen LogP contribution >= 0.6 is 0 Å². The van der Waals surface area contributed by atoms with Crippen molar-refractivity contribution >= 4 is 5.97 Å². The summed E-state index contributed by atoms with van der Waals surface area (Å²) in [5.74, 6) is -2.08. The molecule has 1 unspecified atom stereocenters. The zero-order chi connectivity index (χ0) is 12.8. The molecule has 0 heterocycles. The maximum atomic E-state index is 13.2. The van der Waals surface area contributed by atoms with E-state index in [9.17, 15) is 13.6 Å². The van der Waals surface area contributed by atoms with Crippen molar-refractivity contribution in [2.75, 3.05) is 13.1 Å². The number of hydrogen-bond donors (Lipinski definition) is 3. The standard InChI is InChI=1S/C11H14F2N2O2/c12-8-1-2-9(13)7(5-8)3-4-15-6-10(14)11(16)17/h1-2,5,10,15H,3-4,6,14H2,(H,16,17). The molecule has 4 nitrogen and oxygen atoms in total. The van der Waals surface area contributed by atoms with Crippen molar-refractivity contribution in [3.8, 4) is 0 Å². The minimum absolute atomic E-state index is 0.0896. The third kappa shape index (κ3) is 4.46. The molecule has 0 aliphatic carbocycles. The second-order valence-corrected chi connectivity index (χ2v) is 3.63. The van der Waals surface area contributed by atoms with Crippen LogP contribution in [-0.2, 0) is 11.2 Å². The Morgan fingerprint density at radius 2 is 2.18 bits per heavy atom. The summed E-state index contributed by atoms with van der Waals surface area (Å²) in [5, 5.41) is 11.3. The Labute approximate surface area is 97.4 Å². The first kappa shape index (κ1) is 13.5. The number of rotatable bonds is 6. The number of halogens is 2. The number of nitrogens with one attached hydrogen (secondary N) is 1. The van der Waals surface area contributed by atoms with Gasteiger partial charge in [-0.1, -0.05) is 0 Å². The molecule has 0 bridgehead atoms. The number of aliphatic carboxylic acids is 1. The molecule has 0 amide bonds. The van der Waals surface area contributed by atoms with E-state index in [1.807, 2.05) is 0 Å². The molecule has 1 aromatic carbocycles. The van der Waals surface area contributed by atoms with Crippen molar-refractivity contribution in [3.05, 3.63) is 35.4 Å². The lowest BCUT2D eigenvalue weighted by Crippen LogP contribution is -2.40. The number of hydrogen-bond acceptors (Lipinski definition) is 3. The van der Waals surface area contributed by atoms with Crippen LogP contribution in [0.2, 0.25) is 0 Å². The number of carbonyl (C=O) groups is 1. The fraction of sp³-hybridized carbons (Fsp3) is 0.364. The third-order valence-corrected chi connectivity index (χ3v) is 2.26. The van der Waals surface area contributed by atoms with E-state index in [1.54, 1.807) is 0 Å². The lowest BCUT2D eigenvalue weighted by Gasteiger charge is -2.08. The molecule has 0 aliphatic heterocycles. The molecule has 1 rings (SSSR count). The van der Waals surface area contributed by atoms with E-state index in [4.69, 9.17) is 10.8 Å². The van der Waals surface area contributed by atoms with Gasteiger partial charge in [0.2, 0.25) is 0 Å². The Kier molecular flexibility index (Phi) is 4.99. The SMILES string of the molecule is NC(CNCCc1cc(F)ccc1F)C(=O)O. The van der Waals surface area contributed by atoms with Crippen LogP contribution in [0.1, 0.15) is 5.56 Å². The second kappa shape index (κ2) is 6.27. The van der Waals surface area contributed by atoms with Crippen LogP contribution in [0, 0.1) is 11.6 Å². The molecule has 0 aliphatic rings. The highest BCUT2D eigenvalue weighted by atomic mass is 19.1. The summed E-state index contributed by atoms with van der Waals surface area (Å²) < 4.78 is 26.0. The molecule has 0 fully saturated rings. The first-order valence-corrected chi connectivity index (χ1v) is 5.13. The molecule has 0 spiro atoms. The summed E-state index contributed by atoms with van der Waals surface area (Å²) >= 11 is 0. The summed E-state index contributed by atoms with van der Waals surface area (Å²) in [5.41, 5.74) is 5.51. The van der Waals surface area contributed by atoms with E-state index < -0.39 is 23.6 Å². The van der Waals surface area contributed by atoms with Crippen LogP contribution in [0.25, 0.3) is 0 Å². The topological polar surface area (TPSA) is 75.3 Å². The minimum Gasteiger partial charge on any atom is -0.480 e. The average molecular weight is 244 g/mol. The predicted molar refractivity (Wildman–Crippen MR) is 58.5 cm³/mol. The molecule has 6 heteroatoms. The van der Waals surface area contributed by atoms with Gasteiger partial charge in [0, 0.05) is 6.54 Å². The van der Waals surface area contributed by atoms with Gasteiger partial charge in [-0.3, -0.25) is 4.79 Å². The molecule has 0 saturated carbocycles. The van der Waals surface area contributed by atoms with Gasteiger partial charge in [0.25, 0.3) is 0 Å². The second-order valence-electron chi connectivity index (χ2n) is 3.63. The van der Waals surface area contributed by atoms with Gasteiger partial charge >= 0.3 is 5.97 Å². The van der Waals surface area contributed by atoms with E-state index in [2.05, 4.69) is 5.32 Å². The van der Waals surface area contributed by atoms with Crippen molar-refractivity contribution in [1.29, 1.82) is 0 Å². The van der Waals surface area contributed by atoms with Crippen LogP contribution in [0.4, 0.5) is 8.78 Å². The van der Waals surface area contributed by atoms with Gasteiger partial charge in [0.15, 0.2) is 0 Å². The predicted octanol–water partition coefficient (Wildman–Crippen LogP) is 0.509. The van der Waals surface area contributed by atoms with Gasteiger partial charge in [-0.15, -0.1) is 0 Å². The Bertz CT molecular complexity index is 399. The van der Waals surface area contributed by atoms with Crippen LogP contribution in [-0.4, -0.2) is 30.2 Å². The van der Waals surface area contributed by atoms with Gasteiger partial charge in [-0.2, -0.15) is 0 Å². The lowest BCUT2D eigenvalue weighted by atomic mass is 10.1. The van der Waals surface area contributed by atoms with E-state index in [0.717, 1.165) is 18.2 Å². The molecule has 4 N–H and O–H groups in total. The Balaban J connectivity index is 2.36. The molecule has 94 valence electrons. The monoisotopic (exact) mass is 244 g/mol. The zero-order valence-corrected chi connectivity index (χ0v) is 9.12. The largest absolute Gasteiger partial charge is 0.480 e. The van der Waals surface area contributed by atoms with Crippen LogP contribution < -0.4 is 11.1 Å². The number of nitrogens with two attached hydrogens (primary N) is 1. The third-order valence-electron chi connectivity index (χ3n) is 2.26. The summed E-state index contributed by atoms with van der Waals surface area (Å²) in [7, 11) is 0. The number of carboxylic acids is 1. The van der Waals surface area contributed by atoms with E-state index >= 15 is 0 Å². The molecule has 0 radical (unpaired) electrons. The van der Waals surface area contributed by atoms with Gasteiger partial charge in [-0.05, 0) is 36.7 Å². The van der Waals surface area contributed by atoms with Gasteiger partial charge in [-0.25, -0.2) is 8.78 Å². The molecular weight excluding hydrogens is 230 g/mol. The first-order chi connectivity index (χ1) is 8.00. The Morgan fingerprint density at radius 3 is 2.82 bits per heavy atom. The van der Waals surface area contributed by atoms with Crippen molar-refractivity contribution < 1.29 is 18.7 Å². The molecule has 1 aromatic rings. The van der Waals surface area contributed by atoms with Crippen molar-refractivity contribution in [2.45, 2.75) is 12.5 Å². The first-order valence-electron chi connectivity index (χ1n) is 5.13. The smallest absolute Gasteiger partial charge is 0.321 e. The quantitative estimate of drug-likeness (QED) is 0.637. The van der Waals surface area contributed by atoms with Crippen molar-refractivity contribution in [3.63, 3.8) is 0 Å². The average Bonchev–Trinajstić information content (AvgIpc) is 2.28. The Hall–Kier alpha value is -1.53. The fourth-order valence-corrected chi connectivity index (χ4v) is 1.30.